The van der Waals surface area contributed by atoms with Gasteiger partial charge in [-0.05, 0) is 82.1 Å². The molecule has 0 bridgehead atoms. The van der Waals surface area contributed by atoms with Crippen LogP contribution >= 0.6 is 0 Å². The van der Waals surface area contributed by atoms with E-state index in [0.717, 1.165) is 77.5 Å². The minimum absolute atomic E-state index is 0.906. The van der Waals surface area contributed by atoms with Gasteiger partial charge < -0.3 is 13.7 Å². The number of nitrogens with zero attached hydrogens (tertiary/aromatic N) is 1. The minimum atomic E-state index is 0.906. The van der Waals surface area contributed by atoms with Gasteiger partial charge in [-0.15, -0.1) is 0 Å². The summed E-state index contributed by atoms with van der Waals surface area (Å²) in [6.07, 6.45) is 0. The van der Waals surface area contributed by atoms with Crippen molar-refractivity contribution < 1.29 is 8.83 Å². The van der Waals surface area contributed by atoms with Gasteiger partial charge in [-0.3, -0.25) is 0 Å². The molecule has 0 aliphatic carbocycles. The average molecular weight is 628 g/mol. The van der Waals surface area contributed by atoms with E-state index in [-0.39, 0.29) is 0 Å². The Morgan fingerprint density at radius 1 is 0.347 bits per heavy atom. The van der Waals surface area contributed by atoms with Gasteiger partial charge in [0.05, 0.1) is 0 Å². The summed E-state index contributed by atoms with van der Waals surface area (Å²) in [5, 5.41) is 6.90. The van der Waals surface area contributed by atoms with Crippen molar-refractivity contribution in [2.75, 3.05) is 4.90 Å². The maximum absolute atomic E-state index is 6.38. The summed E-state index contributed by atoms with van der Waals surface area (Å²) in [6.45, 7) is 0. The van der Waals surface area contributed by atoms with Crippen LogP contribution in [0.4, 0.5) is 17.1 Å². The maximum atomic E-state index is 6.38. The number of hydrogen-bond donors (Lipinski definition) is 0. The second kappa shape index (κ2) is 11.0. The lowest BCUT2D eigenvalue weighted by molar-refractivity contribution is 0.669. The average Bonchev–Trinajstić information content (AvgIpc) is 3.75. The summed E-state index contributed by atoms with van der Waals surface area (Å²) in [4.78, 5) is 2.34. The number of furan rings is 2. The molecule has 0 unspecified atom stereocenters. The second-order valence-electron chi connectivity index (χ2n) is 12.5. The summed E-state index contributed by atoms with van der Waals surface area (Å²) < 4.78 is 12.6. The van der Waals surface area contributed by atoms with Crippen LogP contribution < -0.4 is 4.90 Å². The Morgan fingerprint density at radius 2 is 1.02 bits per heavy atom. The summed E-state index contributed by atoms with van der Waals surface area (Å²) in [5.41, 5.74) is 11.4. The molecule has 0 atom stereocenters. The van der Waals surface area contributed by atoms with E-state index in [4.69, 9.17) is 8.83 Å². The van der Waals surface area contributed by atoms with Gasteiger partial charge in [-0.25, -0.2) is 0 Å². The lowest BCUT2D eigenvalue weighted by Gasteiger charge is -2.26. The molecule has 10 aromatic rings. The molecule has 0 aliphatic rings. The first-order valence-electron chi connectivity index (χ1n) is 16.6. The SMILES string of the molecule is c1ccc(-c2cccc(N(c3ccc(-c4cccc5c4oc4ccccc45)cc3)c3ccc4c(ccc5oc6ccccc6c54)c3)c2)cc1. The van der Waals surface area contributed by atoms with Crippen molar-refractivity contribution in [2.45, 2.75) is 0 Å². The smallest absolute Gasteiger partial charge is 0.143 e. The van der Waals surface area contributed by atoms with E-state index in [9.17, 15) is 0 Å². The number of rotatable bonds is 5. The Hall–Kier alpha value is -6.58. The number of fused-ring (bicyclic) bond motifs is 8. The third-order valence-electron chi connectivity index (χ3n) is 9.65. The molecule has 230 valence electrons. The predicted molar refractivity (Wildman–Crippen MR) is 204 cm³/mol. The molecular formula is C46H29NO2. The van der Waals surface area contributed by atoms with Crippen LogP contribution in [0.2, 0.25) is 0 Å². The van der Waals surface area contributed by atoms with Gasteiger partial charge in [-0.1, -0.05) is 121 Å². The molecule has 0 amide bonds. The van der Waals surface area contributed by atoms with E-state index in [0.29, 0.717) is 0 Å². The van der Waals surface area contributed by atoms with Crippen molar-refractivity contribution in [3.05, 3.63) is 176 Å². The fourth-order valence-electron chi connectivity index (χ4n) is 7.35. The topological polar surface area (TPSA) is 29.5 Å². The van der Waals surface area contributed by atoms with Crippen molar-refractivity contribution in [3.8, 4) is 22.3 Å². The van der Waals surface area contributed by atoms with Gasteiger partial charge in [-0.2, -0.15) is 0 Å². The molecule has 0 aliphatic heterocycles. The van der Waals surface area contributed by atoms with Gasteiger partial charge >= 0.3 is 0 Å². The lowest BCUT2D eigenvalue weighted by Crippen LogP contribution is -2.10. The van der Waals surface area contributed by atoms with E-state index >= 15 is 0 Å². The molecule has 0 fully saturated rings. The van der Waals surface area contributed by atoms with E-state index < -0.39 is 0 Å². The molecule has 0 N–H and O–H groups in total. The summed E-state index contributed by atoms with van der Waals surface area (Å²) >= 11 is 0. The lowest BCUT2D eigenvalue weighted by atomic mass is 10.0. The largest absolute Gasteiger partial charge is 0.456 e. The molecule has 0 spiro atoms. The molecule has 2 heterocycles. The van der Waals surface area contributed by atoms with E-state index in [1.54, 1.807) is 0 Å². The number of anilines is 3. The van der Waals surface area contributed by atoms with Gasteiger partial charge in [0, 0.05) is 44.2 Å². The summed E-state index contributed by atoms with van der Waals surface area (Å²) in [6, 6.07) is 62.1. The number of benzene rings is 8. The van der Waals surface area contributed by atoms with E-state index in [1.807, 2.05) is 24.3 Å². The molecule has 0 saturated heterocycles. The first-order chi connectivity index (χ1) is 24.3. The van der Waals surface area contributed by atoms with Crippen LogP contribution in [-0.4, -0.2) is 0 Å². The summed E-state index contributed by atoms with van der Waals surface area (Å²) in [7, 11) is 0. The highest BCUT2D eigenvalue weighted by atomic mass is 16.3. The fraction of sp³-hybridized carbons (Fsp3) is 0. The van der Waals surface area contributed by atoms with Gasteiger partial charge in [0.25, 0.3) is 0 Å². The molecule has 3 nitrogen and oxygen atoms in total. The molecule has 0 radical (unpaired) electrons. The Kier molecular flexibility index (Phi) is 6.18. The molecule has 2 aromatic heterocycles. The highest BCUT2D eigenvalue weighted by Gasteiger charge is 2.18. The van der Waals surface area contributed by atoms with Crippen LogP contribution in [0, 0.1) is 0 Å². The highest BCUT2D eigenvalue weighted by molar-refractivity contribution is 6.19. The normalized spacial score (nSPS) is 11.7. The van der Waals surface area contributed by atoms with Gasteiger partial charge in [0.15, 0.2) is 0 Å². The molecule has 8 aromatic carbocycles. The van der Waals surface area contributed by atoms with Crippen LogP contribution in [0.1, 0.15) is 0 Å². The molecule has 49 heavy (non-hydrogen) atoms. The Labute approximate surface area is 282 Å². The van der Waals surface area contributed by atoms with Crippen LogP contribution in [0.15, 0.2) is 185 Å². The molecule has 0 saturated carbocycles. The van der Waals surface area contributed by atoms with Crippen LogP contribution in [-0.2, 0) is 0 Å². The second-order valence-corrected chi connectivity index (χ2v) is 12.5. The van der Waals surface area contributed by atoms with Crippen molar-refractivity contribution in [1.82, 2.24) is 0 Å². The standard InChI is InChI=1S/C46H29NO2/c1-2-10-30(11-3-1)32-12-8-13-35(28-32)47(36-25-26-37-33(29-36)22-27-44-45(37)41-15-5-7-19-43(41)48-44)34-23-20-31(21-24-34)38-16-9-17-40-39-14-4-6-18-42(39)49-46(38)40/h1-29H. The zero-order valence-electron chi connectivity index (χ0n) is 26.5. The van der Waals surface area contributed by atoms with Crippen molar-refractivity contribution in [1.29, 1.82) is 0 Å². The van der Waals surface area contributed by atoms with Crippen LogP contribution in [0.5, 0.6) is 0 Å². The molecule has 3 heteroatoms. The first kappa shape index (κ1) is 27.5. The Bertz CT molecular complexity index is 2830. The zero-order valence-corrected chi connectivity index (χ0v) is 26.5. The van der Waals surface area contributed by atoms with Gasteiger partial charge in [0.2, 0.25) is 0 Å². The number of hydrogen-bond acceptors (Lipinski definition) is 3. The monoisotopic (exact) mass is 627 g/mol. The third kappa shape index (κ3) is 4.51. The predicted octanol–water partition coefficient (Wildman–Crippen LogP) is 13.4. The molecular weight excluding hydrogens is 599 g/mol. The van der Waals surface area contributed by atoms with Crippen molar-refractivity contribution in [3.63, 3.8) is 0 Å². The minimum Gasteiger partial charge on any atom is -0.456 e. The Morgan fingerprint density at radius 3 is 1.88 bits per heavy atom. The maximum Gasteiger partial charge on any atom is 0.143 e. The van der Waals surface area contributed by atoms with E-state index in [1.165, 1.54) is 16.5 Å². The van der Waals surface area contributed by atoms with Crippen molar-refractivity contribution in [2.24, 2.45) is 0 Å². The van der Waals surface area contributed by atoms with Crippen molar-refractivity contribution >= 4 is 71.7 Å². The van der Waals surface area contributed by atoms with Gasteiger partial charge in [0.1, 0.15) is 22.3 Å². The zero-order chi connectivity index (χ0) is 32.3. The fourth-order valence-corrected chi connectivity index (χ4v) is 7.35. The quantitative estimate of drug-likeness (QED) is 0.190. The number of para-hydroxylation sites is 3. The first-order valence-corrected chi connectivity index (χ1v) is 16.6. The van der Waals surface area contributed by atoms with Crippen LogP contribution in [0.3, 0.4) is 0 Å². The van der Waals surface area contributed by atoms with Crippen LogP contribution in [0.25, 0.3) is 76.9 Å². The molecule has 10 rings (SSSR count). The Balaban J connectivity index is 1.13. The van der Waals surface area contributed by atoms with E-state index in [2.05, 4.69) is 157 Å². The third-order valence-corrected chi connectivity index (χ3v) is 9.65. The highest BCUT2D eigenvalue weighted by Crippen LogP contribution is 2.42. The summed E-state index contributed by atoms with van der Waals surface area (Å²) in [5.74, 6) is 0.